The van der Waals surface area contributed by atoms with Crippen LogP contribution in [0.4, 0.5) is 10.8 Å². The fourth-order valence-corrected chi connectivity index (χ4v) is 4.47. The van der Waals surface area contributed by atoms with Crippen LogP contribution in [0.3, 0.4) is 0 Å². The number of aliphatic hydroxyl groups is 1. The van der Waals surface area contributed by atoms with E-state index in [1.807, 2.05) is 4.90 Å². The summed E-state index contributed by atoms with van der Waals surface area (Å²) in [5, 5.41) is 9.81. The molecule has 0 radical (unpaired) electrons. The van der Waals surface area contributed by atoms with Crippen molar-refractivity contribution in [3.8, 4) is 0 Å². The number of nitrogens with two attached hydrogens (primary N) is 1. The molecule has 1 aromatic heterocycles. The smallest absolute Gasteiger partial charge is 0.182 e. The lowest BCUT2D eigenvalue weighted by Gasteiger charge is -2.32. The van der Waals surface area contributed by atoms with Crippen LogP contribution in [0.2, 0.25) is 0 Å². The molecule has 8 heteroatoms. The molecule has 0 saturated carbocycles. The van der Waals surface area contributed by atoms with Crippen molar-refractivity contribution >= 4 is 32.2 Å². The molecule has 0 bridgehead atoms. The topological polar surface area (TPSA) is 96.5 Å². The van der Waals surface area contributed by atoms with Crippen LogP contribution in [0.15, 0.2) is 4.90 Å². The third-order valence-electron chi connectivity index (χ3n) is 3.09. The Bertz CT molecular complexity index is 526. The number of nitrogens with zero attached hydrogens (tertiary/aromatic N) is 2. The standard InChI is InChI=1S/C10H17N3O3S2/c1-18(15,16)8-9(11)12-17-10(8)13-4-2-3-7(5-13)6-14/h7,14H,2-6H2,1H3,(H2,11,12). The number of nitrogen functional groups attached to an aromatic ring is 1. The number of sulfone groups is 1. The molecule has 0 amide bonds. The second-order valence-corrected chi connectivity index (χ2v) is 7.32. The minimum Gasteiger partial charge on any atom is -0.396 e. The Morgan fingerprint density at radius 3 is 2.94 bits per heavy atom. The number of rotatable bonds is 3. The first-order valence-corrected chi connectivity index (χ1v) is 8.41. The summed E-state index contributed by atoms with van der Waals surface area (Å²) in [4.78, 5) is 2.10. The minimum atomic E-state index is -3.38. The highest BCUT2D eigenvalue weighted by Gasteiger charge is 2.28. The molecule has 1 fully saturated rings. The molecule has 1 aromatic rings. The average molecular weight is 291 g/mol. The van der Waals surface area contributed by atoms with Crippen molar-refractivity contribution in [2.24, 2.45) is 5.92 Å². The predicted octanol–water partition coefficient (Wildman–Crippen LogP) is 0.337. The maximum atomic E-state index is 11.7. The van der Waals surface area contributed by atoms with E-state index in [1.165, 1.54) is 0 Å². The van der Waals surface area contributed by atoms with Crippen molar-refractivity contribution in [3.05, 3.63) is 0 Å². The number of anilines is 2. The zero-order valence-electron chi connectivity index (χ0n) is 10.2. The van der Waals surface area contributed by atoms with E-state index >= 15 is 0 Å². The molecule has 0 aromatic carbocycles. The van der Waals surface area contributed by atoms with E-state index in [2.05, 4.69) is 4.37 Å². The molecule has 102 valence electrons. The highest BCUT2D eigenvalue weighted by Crippen LogP contribution is 2.36. The number of piperidine rings is 1. The summed E-state index contributed by atoms with van der Waals surface area (Å²) in [6.45, 7) is 1.56. The van der Waals surface area contributed by atoms with E-state index < -0.39 is 9.84 Å². The van der Waals surface area contributed by atoms with Crippen LogP contribution in [-0.4, -0.2) is 43.9 Å². The van der Waals surface area contributed by atoms with Gasteiger partial charge >= 0.3 is 0 Å². The molecule has 0 spiro atoms. The van der Waals surface area contributed by atoms with Crippen molar-refractivity contribution in [3.63, 3.8) is 0 Å². The largest absolute Gasteiger partial charge is 0.396 e. The summed E-state index contributed by atoms with van der Waals surface area (Å²) >= 11 is 1.11. The summed E-state index contributed by atoms with van der Waals surface area (Å²) in [5.74, 6) is 0.262. The van der Waals surface area contributed by atoms with E-state index in [0.29, 0.717) is 11.5 Å². The lowest BCUT2D eigenvalue weighted by Crippen LogP contribution is -2.37. The Hall–Kier alpha value is -0.860. The van der Waals surface area contributed by atoms with E-state index in [-0.39, 0.29) is 23.2 Å². The quantitative estimate of drug-likeness (QED) is 0.833. The van der Waals surface area contributed by atoms with Gasteiger partial charge in [0.05, 0.1) is 0 Å². The van der Waals surface area contributed by atoms with Gasteiger partial charge in [-0.25, -0.2) is 8.42 Å². The molecule has 3 N–H and O–H groups in total. The van der Waals surface area contributed by atoms with Gasteiger partial charge < -0.3 is 15.7 Å². The Balaban J connectivity index is 2.34. The number of aromatic nitrogens is 1. The normalized spacial score (nSPS) is 21.2. The van der Waals surface area contributed by atoms with Crippen molar-refractivity contribution in [1.29, 1.82) is 0 Å². The number of hydrogen-bond acceptors (Lipinski definition) is 7. The van der Waals surface area contributed by atoms with Gasteiger partial charge in [-0.2, -0.15) is 4.37 Å². The lowest BCUT2D eigenvalue weighted by molar-refractivity contribution is 0.209. The maximum absolute atomic E-state index is 11.7. The Labute approximate surface area is 111 Å². The van der Waals surface area contributed by atoms with Crippen molar-refractivity contribution in [1.82, 2.24) is 4.37 Å². The molecule has 2 rings (SSSR count). The fourth-order valence-electron chi connectivity index (χ4n) is 2.23. The van der Waals surface area contributed by atoms with Crippen molar-refractivity contribution in [2.45, 2.75) is 17.7 Å². The first kappa shape index (κ1) is 13.6. The van der Waals surface area contributed by atoms with Crippen LogP contribution in [0.25, 0.3) is 0 Å². The SMILES string of the molecule is CS(=O)(=O)c1c(N)nsc1N1CCCC(CO)C1. The van der Waals surface area contributed by atoms with Gasteiger partial charge in [0, 0.05) is 26.0 Å². The van der Waals surface area contributed by atoms with E-state index in [0.717, 1.165) is 37.2 Å². The molecule has 1 aliphatic rings. The van der Waals surface area contributed by atoms with E-state index in [9.17, 15) is 13.5 Å². The van der Waals surface area contributed by atoms with Crippen LogP contribution < -0.4 is 10.6 Å². The van der Waals surface area contributed by atoms with Gasteiger partial charge in [-0.3, -0.25) is 0 Å². The molecular formula is C10H17N3O3S2. The minimum absolute atomic E-state index is 0.0728. The molecule has 1 unspecified atom stereocenters. The fraction of sp³-hybridized carbons (Fsp3) is 0.700. The second-order valence-electron chi connectivity index (χ2n) is 4.61. The molecule has 2 heterocycles. The van der Waals surface area contributed by atoms with Gasteiger partial charge in [0.2, 0.25) is 0 Å². The van der Waals surface area contributed by atoms with E-state index in [1.54, 1.807) is 0 Å². The van der Waals surface area contributed by atoms with Gasteiger partial charge in [-0.1, -0.05) is 0 Å². The number of hydrogen-bond donors (Lipinski definition) is 2. The highest BCUT2D eigenvalue weighted by molar-refractivity contribution is 7.91. The predicted molar refractivity (Wildman–Crippen MR) is 71.7 cm³/mol. The average Bonchev–Trinajstić information content (AvgIpc) is 2.71. The summed E-state index contributed by atoms with van der Waals surface area (Å²) in [6, 6.07) is 0. The highest BCUT2D eigenvalue weighted by atomic mass is 32.2. The van der Waals surface area contributed by atoms with E-state index in [4.69, 9.17) is 5.73 Å². The molecule has 18 heavy (non-hydrogen) atoms. The van der Waals surface area contributed by atoms with Gasteiger partial charge in [0.15, 0.2) is 15.7 Å². The maximum Gasteiger partial charge on any atom is 0.182 e. The summed E-state index contributed by atoms with van der Waals surface area (Å²) in [5.41, 5.74) is 5.65. The second kappa shape index (κ2) is 5.02. The third kappa shape index (κ3) is 2.60. The van der Waals surface area contributed by atoms with Crippen LogP contribution >= 0.6 is 11.5 Å². The molecule has 6 nitrogen and oxygen atoms in total. The van der Waals surface area contributed by atoms with Gasteiger partial charge in [0.25, 0.3) is 0 Å². The summed E-state index contributed by atoms with van der Waals surface area (Å²) < 4.78 is 27.4. The first-order chi connectivity index (χ1) is 8.43. The Kier molecular flexibility index (Phi) is 3.79. The molecule has 0 aliphatic carbocycles. The van der Waals surface area contributed by atoms with Crippen LogP contribution in [0.5, 0.6) is 0 Å². The Morgan fingerprint density at radius 1 is 1.61 bits per heavy atom. The molecule has 1 aliphatic heterocycles. The summed E-state index contributed by atoms with van der Waals surface area (Å²) in [6.07, 6.45) is 3.05. The molecular weight excluding hydrogens is 274 g/mol. The van der Waals surface area contributed by atoms with Gasteiger partial charge in [-0.05, 0) is 30.3 Å². The monoisotopic (exact) mass is 291 g/mol. The van der Waals surface area contributed by atoms with Crippen LogP contribution in [-0.2, 0) is 9.84 Å². The van der Waals surface area contributed by atoms with Crippen molar-refractivity contribution in [2.75, 3.05) is 36.6 Å². The first-order valence-electron chi connectivity index (χ1n) is 5.74. The van der Waals surface area contributed by atoms with Crippen molar-refractivity contribution < 1.29 is 13.5 Å². The lowest BCUT2D eigenvalue weighted by atomic mass is 9.99. The Morgan fingerprint density at radius 2 is 2.33 bits per heavy atom. The zero-order chi connectivity index (χ0) is 13.3. The number of aliphatic hydroxyl groups excluding tert-OH is 1. The summed E-state index contributed by atoms with van der Waals surface area (Å²) in [7, 11) is -3.38. The van der Waals surface area contributed by atoms with Gasteiger partial charge in [0.1, 0.15) is 9.90 Å². The van der Waals surface area contributed by atoms with Crippen LogP contribution in [0, 0.1) is 5.92 Å². The third-order valence-corrected chi connectivity index (χ3v) is 5.29. The molecule has 1 atom stereocenters. The van der Waals surface area contributed by atoms with Crippen LogP contribution in [0.1, 0.15) is 12.8 Å². The zero-order valence-corrected chi connectivity index (χ0v) is 11.8. The molecule has 1 saturated heterocycles. The van der Waals surface area contributed by atoms with Gasteiger partial charge in [-0.15, -0.1) is 0 Å².